The molecule has 0 amide bonds. The molecule has 6 heteroatoms. The third-order valence-corrected chi connectivity index (χ3v) is 3.19. The van der Waals surface area contributed by atoms with Crippen LogP contribution in [0.3, 0.4) is 0 Å². The van der Waals surface area contributed by atoms with Crippen LogP contribution in [0.2, 0.25) is 0 Å². The Bertz CT molecular complexity index is 687. The van der Waals surface area contributed by atoms with Gasteiger partial charge in [0.1, 0.15) is 0 Å². The van der Waals surface area contributed by atoms with Gasteiger partial charge in [-0.15, -0.1) is 0 Å². The van der Waals surface area contributed by atoms with Crippen LogP contribution in [-0.2, 0) is 6.54 Å². The highest BCUT2D eigenvalue weighted by molar-refractivity contribution is 7.80. The molecule has 2 aromatic carbocycles. The molecule has 0 aliphatic carbocycles. The zero-order valence-corrected chi connectivity index (χ0v) is 12.8. The van der Waals surface area contributed by atoms with Crippen molar-refractivity contribution in [3.05, 3.63) is 71.3 Å². The first kappa shape index (κ1) is 16.0. The Morgan fingerprint density at radius 2 is 1.82 bits per heavy atom. The zero-order chi connectivity index (χ0) is 15.9. The Morgan fingerprint density at radius 3 is 2.50 bits per heavy atom. The van der Waals surface area contributed by atoms with Gasteiger partial charge in [-0.05, 0) is 42.9 Å². The zero-order valence-electron chi connectivity index (χ0n) is 11.9. The molecule has 0 bridgehead atoms. The van der Waals surface area contributed by atoms with Crippen molar-refractivity contribution >= 4 is 23.0 Å². The van der Waals surface area contributed by atoms with E-state index in [2.05, 4.69) is 15.8 Å². The third kappa shape index (κ3) is 4.60. The van der Waals surface area contributed by atoms with Crippen LogP contribution in [0.4, 0.5) is 8.78 Å². The molecule has 22 heavy (non-hydrogen) atoms. The van der Waals surface area contributed by atoms with E-state index in [1.165, 1.54) is 6.07 Å². The molecule has 2 rings (SSSR count). The van der Waals surface area contributed by atoms with Gasteiger partial charge < -0.3 is 5.32 Å². The van der Waals surface area contributed by atoms with Gasteiger partial charge in [-0.25, -0.2) is 8.78 Å². The van der Waals surface area contributed by atoms with E-state index in [0.29, 0.717) is 22.9 Å². The van der Waals surface area contributed by atoms with E-state index >= 15 is 0 Å². The second kappa shape index (κ2) is 7.61. The van der Waals surface area contributed by atoms with Crippen molar-refractivity contribution in [3.63, 3.8) is 0 Å². The summed E-state index contributed by atoms with van der Waals surface area (Å²) in [6.45, 7) is 2.26. The lowest BCUT2D eigenvalue weighted by atomic mass is 10.1. The van der Waals surface area contributed by atoms with Crippen LogP contribution in [0.5, 0.6) is 0 Å². The number of thiocarbonyl (C=S) groups is 1. The summed E-state index contributed by atoms with van der Waals surface area (Å²) in [5.41, 5.74) is 4.75. The van der Waals surface area contributed by atoms with Crippen LogP contribution in [0, 0.1) is 11.6 Å². The fourth-order valence-corrected chi connectivity index (χ4v) is 1.86. The molecular formula is C16H15F2N3S. The standard InChI is InChI=1S/C16H15F2N3S/c1-11(13-7-8-14(17)15(18)9-13)20-21-16(22)19-10-12-5-3-2-4-6-12/h2-9H,10H2,1H3,(H2,19,21,22)/b20-11-. The average Bonchev–Trinajstić information content (AvgIpc) is 2.54. The summed E-state index contributed by atoms with van der Waals surface area (Å²) in [5, 5.41) is 7.41. The Kier molecular flexibility index (Phi) is 5.55. The van der Waals surface area contributed by atoms with Crippen molar-refractivity contribution in [2.75, 3.05) is 0 Å². The number of hydrogen-bond donors (Lipinski definition) is 2. The maximum Gasteiger partial charge on any atom is 0.187 e. The first-order valence-corrected chi connectivity index (χ1v) is 7.04. The summed E-state index contributed by atoms with van der Waals surface area (Å²) in [5.74, 6) is -1.79. The number of hydrogen-bond acceptors (Lipinski definition) is 2. The quantitative estimate of drug-likeness (QED) is 0.515. The van der Waals surface area contributed by atoms with Crippen molar-refractivity contribution < 1.29 is 8.78 Å². The molecule has 3 nitrogen and oxygen atoms in total. The van der Waals surface area contributed by atoms with E-state index in [9.17, 15) is 8.78 Å². The van der Waals surface area contributed by atoms with Gasteiger partial charge in [0.15, 0.2) is 16.7 Å². The molecule has 114 valence electrons. The number of hydrazone groups is 1. The van der Waals surface area contributed by atoms with Gasteiger partial charge in [0, 0.05) is 12.1 Å². The molecule has 2 aromatic rings. The predicted octanol–water partition coefficient (Wildman–Crippen LogP) is 3.35. The number of rotatable bonds is 4. The molecule has 0 radical (unpaired) electrons. The lowest BCUT2D eigenvalue weighted by Crippen LogP contribution is -2.32. The number of halogens is 2. The Hall–Kier alpha value is -2.34. The minimum absolute atomic E-state index is 0.353. The number of nitrogens with zero attached hydrogens (tertiary/aromatic N) is 1. The number of benzene rings is 2. The van der Waals surface area contributed by atoms with E-state index in [1.54, 1.807) is 6.92 Å². The smallest absolute Gasteiger partial charge is 0.187 e. The summed E-state index contributed by atoms with van der Waals surface area (Å²) in [4.78, 5) is 0. The second-order valence-corrected chi connectivity index (χ2v) is 5.01. The van der Waals surface area contributed by atoms with Gasteiger partial charge in [0.2, 0.25) is 0 Å². The van der Waals surface area contributed by atoms with Crippen molar-refractivity contribution in [3.8, 4) is 0 Å². The molecule has 2 N–H and O–H groups in total. The SMILES string of the molecule is C/C(=N/NC(=S)NCc1ccccc1)c1ccc(F)c(F)c1. The van der Waals surface area contributed by atoms with E-state index < -0.39 is 11.6 Å². The third-order valence-electron chi connectivity index (χ3n) is 2.96. The first-order chi connectivity index (χ1) is 10.6. The molecule has 0 saturated carbocycles. The molecule has 0 aliphatic rings. The first-order valence-electron chi connectivity index (χ1n) is 6.64. The summed E-state index contributed by atoms with van der Waals surface area (Å²) in [6.07, 6.45) is 0. The molecule has 0 unspecified atom stereocenters. The maximum atomic E-state index is 13.2. The highest BCUT2D eigenvalue weighted by Crippen LogP contribution is 2.09. The largest absolute Gasteiger partial charge is 0.357 e. The summed E-state index contributed by atoms with van der Waals surface area (Å²) in [7, 11) is 0. The molecule has 0 aromatic heterocycles. The molecule has 0 heterocycles. The lowest BCUT2D eigenvalue weighted by molar-refractivity contribution is 0.508. The predicted molar refractivity (Wildman–Crippen MR) is 87.6 cm³/mol. The van der Waals surface area contributed by atoms with Crippen LogP contribution in [0.15, 0.2) is 53.6 Å². The van der Waals surface area contributed by atoms with Gasteiger partial charge in [0.25, 0.3) is 0 Å². The normalized spacial score (nSPS) is 11.1. The second-order valence-electron chi connectivity index (χ2n) is 4.61. The maximum absolute atomic E-state index is 13.2. The number of nitrogens with one attached hydrogen (secondary N) is 2. The lowest BCUT2D eigenvalue weighted by Gasteiger charge is -2.08. The summed E-state index contributed by atoms with van der Waals surface area (Å²) < 4.78 is 26.0. The molecular weight excluding hydrogens is 304 g/mol. The van der Waals surface area contributed by atoms with Crippen molar-refractivity contribution in [2.24, 2.45) is 5.10 Å². The molecule has 0 fully saturated rings. The minimum atomic E-state index is -0.906. The topological polar surface area (TPSA) is 36.4 Å². The van der Waals surface area contributed by atoms with Crippen molar-refractivity contribution in [1.82, 2.24) is 10.7 Å². The Balaban J connectivity index is 1.90. The Labute approximate surface area is 133 Å². The molecule has 0 atom stereocenters. The van der Waals surface area contributed by atoms with Gasteiger partial charge in [-0.1, -0.05) is 30.3 Å². The van der Waals surface area contributed by atoms with Gasteiger partial charge in [-0.3, -0.25) is 5.43 Å². The van der Waals surface area contributed by atoms with E-state index in [1.807, 2.05) is 30.3 Å². The monoisotopic (exact) mass is 319 g/mol. The van der Waals surface area contributed by atoms with Gasteiger partial charge in [-0.2, -0.15) is 5.10 Å². The Morgan fingerprint density at radius 1 is 1.09 bits per heavy atom. The highest BCUT2D eigenvalue weighted by atomic mass is 32.1. The highest BCUT2D eigenvalue weighted by Gasteiger charge is 2.05. The van der Waals surface area contributed by atoms with Crippen LogP contribution in [0.25, 0.3) is 0 Å². The summed E-state index contributed by atoms with van der Waals surface area (Å²) >= 11 is 5.10. The van der Waals surface area contributed by atoms with E-state index in [0.717, 1.165) is 17.7 Å². The molecule has 0 saturated heterocycles. The van der Waals surface area contributed by atoms with Crippen LogP contribution in [-0.4, -0.2) is 10.8 Å². The van der Waals surface area contributed by atoms with Gasteiger partial charge >= 0.3 is 0 Å². The molecule has 0 spiro atoms. The van der Waals surface area contributed by atoms with E-state index in [-0.39, 0.29) is 0 Å². The van der Waals surface area contributed by atoms with Gasteiger partial charge in [0.05, 0.1) is 5.71 Å². The average molecular weight is 319 g/mol. The van der Waals surface area contributed by atoms with Crippen molar-refractivity contribution in [2.45, 2.75) is 13.5 Å². The van der Waals surface area contributed by atoms with Crippen molar-refractivity contribution in [1.29, 1.82) is 0 Å². The molecule has 0 aliphatic heterocycles. The fraction of sp³-hybridized carbons (Fsp3) is 0.125. The summed E-state index contributed by atoms with van der Waals surface area (Å²) in [6, 6.07) is 13.4. The van der Waals surface area contributed by atoms with E-state index in [4.69, 9.17) is 12.2 Å². The van der Waals surface area contributed by atoms with Crippen LogP contribution < -0.4 is 10.7 Å². The van der Waals surface area contributed by atoms with Crippen LogP contribution >= 0.6 is 12.2 Å². The minimum Gasteiger partial charge on any atom is -0.357 e. The van der Waals surface area contributed by atoms with Crippen LogP contribution in [0.1, 0.15) is 18.1 Å². The fourth-order valence-electron chi connectivity index (χ4n) is 1.74.